The lowest BCUT2D eigenvalue weighted by atomic mass is 10.3. The molecule has 0 aliphatic carbocycles. The smallest absolute Gasteiger partial charge is 0.346 e. The third-order valence-electron chi connectivity index (χ3n) is 1.07. The minimum absolute atomic E-state index is 0.106. The maximum absolute atomic E-state index is 10.3. The Hall–Kier alpha value is -2.09. The number of hydrogen-bond acceptors (Lipinski definition) is 4. The van der Waals surface area contributed by atoms with E-state index in [4.69, 9.17) is 14.8 Å². The number of nitriles is 1. The van der Waals surface area contributed by atoms with E-state index < -0.39 is 11.5 Å². The molecule has 60 valence electrons. The number of oxazole rings is 1. The Bertz CT molecular complexity index is 345. The fraction of sp³-hybridized carbons (Fsp3) is 0. The minimum atomic E-state index is -1.30. The number of carboxylic acids is 1. The minimum Gasteiger partial charge on any atom is -0.477 e. The molecule has 0 saturated carbocycles. The van der Waals surface area contributed by atoms with Crippen molar-refractivity contribution in [3.8, 4) is 6.07 Å². The molecule has 12 heavy (non-hydrogen) atoms. The first-order chi connectivity index (χ1) is 5.74. The highest BCUT2D eigenvalue weighted by atomic mass is 16.4. The Labute approximate surface area is 67.6 Å². The van der Waals surface area contributed by atoms with Gasteiger partial charge in [0, 0.05) is 6.08 Å². The van der Waals surface area contributed by atoms with Gasteiger partial charge in [-0.1, -0.05) is 0 Å². The average molecular weight is 164 g/mol. The van der Waals surface area contributed by atoms with E-state index in [0.29, 0.717) is 0 Å². The molecule has 1 aromatic rings. The van der Waals surface area contributed by atoms with Crippen molar-refractivity contribution in [3.63, 3.8) is 0 Å². The van der Waals surface area contributed by atoms with Gasteiger partial charge in [0.25, 0.3) is 0 Å². The molecule has 1 rings (SSSR count). The van der Waals surface area contributed by atoms with Crippen LogP contribution in [0.2, 0.25) is 0 Å². The normalized spacial score (nSPS) is 10.8. The van der Waals surface area contributed by atoms with Crippen molar-refractivity contribution >= 4 is 12.0 Å². The van der Waals surface area contributed by atoms with Crippen molar-refractivity contribution in [2.24, 2.45) is 0 Å². The van der Waals surface area contributed by atoms with Crippen LogP contribution >= 0.6 is 0 Å². The number of carbonyl (C=O) groups is 1. The molecule has 0 bridgehead atoms. The van der Waals surface area contributed by atoms with E-state index in [1.165, 1.54) is 18.5 Å². The highest BCUT2D eigenvalue weighted by molar-refractivity contribution is 5.95. The molecule has 0 atom stereocenters. The Kier molecular flexibility index (Phi) is 2.23. The topological polar surface area (TPSA) is 87.1 Å². The van der Waals surface area contributed by atoms with Gasteiger partial charge in [0.15, 0.2) is 0 Å². The molecule has 5 nitrogen and oxygen atoms in total. The monoisotopic (exact) mass is 164 g/mol. The van der Waals surface area contributed by atoms with E-state index in [2.05, 4.69) is 4.98 Å². The van der Waals surface area contributed by atoms with Crippen LogP contribution in [0.4, 0.5) is 0 Å². The van der Waals surface area contributed by atoms with E-state index in [1.807, 2.05) is 0 Å². The van der Waals surface area contributed by atoms with Crippen LogP contribution in [0.5, 0.6) is 0 Å². The molecule has 0 saturated heterocycles. The Balaban J connectivity index is 2.95. The third kappa shape index (κ3) is 1.70. The zero-order valence-corrected chi connectivity index (χ0v) is 5.89. The van der Waals surface area contributed by atoms with Gasteiger partial charge in [-0.15, -0.1) is 0 Å². The number of aliphatic carboxylic acids is 1. The second-order valence-electron chi connectivity index (χ2n) is 1.85. The van der Waals surface area contributed by atoms with Gasteiger partial charge in [-0.2, -0.15) is 5.26 Å². The summed E-state index contributed by atoms with van der Waals surface area (Å²) in [6.45, 7) is 0. The number of aromatic nitrogens is 1. The quantitative estimate of drug-likeness (QED) is 0.512. The lowest BCUT2D eigenvalue weighted by molar-refractivity contribution is -0.132. The first-order valence-corrected chi connectivity index (χ1v) is 2.98. The molecule has 5 heteroatoms. The molecule has 0 aliphatic rings. The molecule has 0 spiro atoms. The molecule has 0 amide bonds. The SMILES string of the molecule is N#C/C(=C\c1ncco1)C(=O)O. The summed E-state index contributed by atoms with van der Waals surface area (Å²) in [5.74, 6) is -1.19. The third-order valence-corrected chi connectivity index (χ3v) is 1.07. The zero-order chi connectivity index (χ0) is 8.97. The summed E-state index contributed by atoms with van der Waals surface area (Å²) in [6.07, 6.45) is 3.72. The van der Waals surface area contributed by atoms with Crippen LogP contribution in [0.3, 0.4) is 0 Å². The Morgan fingerprint density at radius 2 is 2.58 bits per heavy atom. The van der Waals surface area contributed by atoms with Gasteiger partial charge in [0.05, 0.1) is 6.20 Å². The summed E-state index contributed by atoms with van der Waals surface area (Å²) in [4.78, 5) is 13.9. The number of nitrogens with zero attached hydrogens (tertiary/aromatic N) is 2. The summed E-state index contributed by atoms with van der Waals surface area (Å²) in [6, 6.07) is 1.50. The van der Waals surface area contributed by atoms with E-state index in [9.17, 15) is 4.79 Å². The van der Waals surface area contributed by atoms with Crippen molar-refractivity contribution in [2.75, 3.05) is 0 Å². The van der Waals surface area contributed by atoms with Crippen LogP contribution < -0.4 is 0 Å². The summed E-state index contributed by atoms with van der Waals surface area (Å²) in [5.41, 5.74) is -0.405. The molecule has 0 unspecified atom stereocenters. The van der Waals surface area contributed by atoms with E-state index in [-0.39, 0.29) is 5.89 Å². The van der Waals surface area contributed by atoms with Crippen LogP contribution in [0.25, 0.3) is 6.08 Å². The van der Waals surface area contributed by atoms with Crippen LogP contribution in [0.15, 0.2) is 22.5 Å². The van der Waals surface area contributed by atoms with Gasteiger partial charge in [-0.25, -0.2) is 9.78 Å². The first-order valence-electron chi connectivity index (χ1n) is 2.98. The molecular formula is C7H4N2O3. The van der Waals surface area contributed by atoms with Gasteiger partial charge in [-0.3, -0.25) is 0 Å². The lowest BCUT2D eigenvalue weighted by Gasteiger charge is -1.85. The summed E-state index contributed by atoms with van der Waals surface area (Å²) >= 11 is 0. The second kappa shape index (κ2) is 3.34. The first kappa shape index (κ1) is 8.01. The standard InChI is InChI=1S/C7H4N2O3/c8-4-5(7(10)11)3-6-9-1-2-12-6/h1-3H,(H,10,11)/b5-3+. The fourth-order valence-corrected chi connectivity index (χ4v) is 0.571. The van der Waals surface area contributed by atoms with Crippen molar-refractivity contribution < 1.29 is 14.3 Å². The van der Waals surface area contributed by atoms with Gasteiger partial charge in [0.1, 0.15) is 17.9 Å². The largest absolute Gasteiger partial charge is 0.477 e. The summed E-state index contributed by atoms with van der Waals surface area (Å²) in [7, 11) is 0. The van der Waals surface area contributed by atoms with Crippen LogP contribution in [-0.4, -0.2) is 16.1 Å². The van der Waals surface area contributed by atoms with Crippen LogP contribution in [-0.2, 0) is 4.79 Å². The zero-order valence-electron chi connectivity index (χ0n) is 5.89. The molecule has 1 heterocycles. The van der Waals surface area contributed by atoms with Gasteiger partial charge >= 0.3 is 5.97 Å². The number of rotatable bonds is 2. The second-order valence-corrected chi connectivity index (χ2v) is 1.85. The molecular weight excluding hydrogens is 160 g/mol. The van der Waals surface area contributed by atoms with Gasteiger partial charge < -0.3 is 9.52 Å². The predicted molar refractivity (Wildman–Crippen MR) is 37.7 cm³/mol. The van der Waals surface area contributed by atoms with Crippen LogP contribution in [0, 0.1) is 11.3 Å². The molecule has 0 aliphatic heterocycles. The van der Waals surface area contributed by atoms with Crippen molar-refractivity contribution in [2.45, 2.75) is 0 Å². The summed E-state index contributed by atoms with van der Waals surface area (Å²) < 4.78 is 4.71. The molecule has 0 aromatic carbocycles. The van der Waals surface area contributed by atoms with Gasteiger partial charge in [0.2, 0.25) is 5.89 Å². The predicted octanol–water partition coefficient (Wildman–Crippen LogP) is 0.666. The number of hydrogen-bond donors (Lipinski definition) is 1. The lowest BCUT2D eigenvalue weighted by Crippen LogP contribution is -1.97. The Morgan fingerprint density at radius 1 is 1.83 bits per heavy atom. The molecule has 0 fully saturated rings. The van der Waals surface area contributed by atoms with E-state index in [0.717, 1.165) is 6.08 Å². The Morgan fingerprint density at radius 3 is 3.00 bits per heavy atom. The van der Waals surface area contributed by atoms with Crippen molar-refractivity contribution in [3.05, 3.63) is 23.9 Å². The molecule has 1 N–H and O–H groups in total. The van der Waals surface area contributed by atoms with Crippen molar-refractivity contribution in [1.29, 1.82) is 5.26 Å². The molecule has 1 aromatic heterocycles. The fourth-order valence-electron chi connectivity index (χ4n) is 0.571. The van der Waals surface area contributed by atoms with E-state index >= 15 is 0 Å². The van der Waals surface area contributed by atoms with Crippen molar-refractivity contribution in [1.82, 2.24) is 4.98 Å². The van der Waals surface area contributed by atoms with Crippen LogP contribution in [0.1, 0.15) is 5.89 Å². The summed E-state index contributed by atoms with van der Waals surface area (Å²) in [5, 5.41) is 16.7. The van der Waals surface area contributed by atoms with E-state index in [1.54, 1.807) is 0 Å². The maximum atomic E-state index is 10.3. The highest BCUT2D eigenvalue weighted by Gasteiger charge is 2.06. The maximum Gasteiger partial charge on any atom is 0.346 e. The molecule has 0 radical (unpaired) electrons. The highest BCUT2D eigenvalue weighted by Crippen LogP contribution is 2.02. The number of carboxylic acid groups (broad SMARTS) is 1. The van der Waals surface area contributed by atoms with Gasteiger partial charge in [-0.05, 0) is 0 Å². The average Bonchev–Trinajstić information content (AvgIpc) is 2.51.